The molecule has 0 bridgehead atoms. The van der Waals surface area contributed by atoms with E-state index < -0.39 is 12.1 Å². The van der Waals surface area contributed by atoms with Gasteiger partial charge in [-0.05, 0) is 25.5 Å². The van der Waals surface area contributed by atoms with E-state index in [1.54, 1.807) is 6.92 Å². The molecule has 6 nitrogen and oxygen atoms in total. The minimum absolute atomic E-state index is 0.398. The van der Waals surface area contributed by atoms with E-state index in [9.17, 15) is 4.79 Å². The van der Waals surface area contributed by atoms with E-state index in [-0.39, 0.29) is 0 Å². The molecular formula is C12H15N3O3S. The first-order valence-corrected chi connectivity index (χ1v) is 6.98. The Kier molecular flexibility index (Phi) is 4.75. The van der Waals surface area contributed by atoms with Crippen LogP contribution >= 0.6 is 11.8 Å². The van der Waals surface area contributed by atoms with Crippen molar-refractivity contribution in [2.45, 2.75) is 24.6 Å². The maximum Gasteiger partial charge on any atom is 0.332 e. The van der Waals surface area contributed by atoms with Gasteiger partial charge in [0.2, 0.25) is 0 Å². The van der Waals surface area contributed by atoms with Gasteiger partial charge in [0, 0.05) is 18.6 Å². The molecule has 2 heterocycles. The molecule has 0 aliphatic rings. The van der Waals surface area contributed by atoms with Crippen LogP contribution < -0.4 is 0 Å². The van der Waals surface area contributed by atoms with Crippen LogP contribution in [0, 0.1) is 0 Å². The molecule has 0 fully saturated rings. The number of carboxylic acid groups (broad SMARTS) is 1. The van der Waals surface area contributed by atoms with Crippen molar-refractivity contribution in [3.8, 4) is 0 Å². The zero-order chi connectivity index (χ0) is 13.7. The average molecular weight is 281 g/mol. The summed E-state index contributed by atoms with van der Waals surface area (Å²) in [5, 5.41) is 17.8. The van der Waals surface area contributed by atoms with Crippen LogP contribution in [0.4, 0.5) is 0 Å². The molecule has 2 aromatic heterocycles. The third kappa shape index (κ3) is 3.45. The average Bonchev–Trinajstić information content (AvgIpc) is 2.81. The Morgan fingerprint density at radius 3 is 3.11 bits per heavy atom. The summed E-state index contributed by atoms with van der Waals surface area (Å²) in [6, 6.07) is 5.67. The Morgan fingerprint density at radius 1 is 1.53 bits per heavy atom. The van der Waals surface area contributed by atoms with E-state index in [1.165, 1.54) is 11.8 Å². The van der Waals surface area contributed by atoms with Gasteiger partial charge in [-0.2, -0.15) is 0 Å². The maximum absolute atomic E-state index is 10.9. The molecule has 2 aromatic rings. The summed E-state index contributed by atoms with van der Waals surface area (Å²) in [5.74, 6) is -0.305. The molecule has 0 aliphatic heterocycles. The van der Waals surface area contributed by atoms with Gasteiger partial charge in [0.25, 0.3) is 0 Å². The molecule has 1 unspecified atom stereocenters. The van der Waals surface area contributed by atoms with Crippen LogP contribution in [0.2, 0.25) is 0 Å². The Bertz CT molecular complexity index is 558. The van der Waals surface area contributed by atoms with Crippen molar-refractivity contribution in [2.75, 3.05) is 12.4 Å². The lowest BCUT2D eigenvalue weighted by atomic mass is 10.3. The van der Waals surface area contributed by atoms with Crippen LogP contribution in [0.5, 0.6) is 0 Å². The second-order valence-electron chi connectivity index (χ2n) is 3.83. The third-order valence-corrected chi connectivity index (χ3v) is 3.51. The Hall–Kier alpha value is -1.60. The zero-order valence-electron chi connectivity index (χ0n) is 10.5. The first-order valence-electron chi connectivity index (χ1n) is 5.99. The predicted molar refractivity (Wildman–Crippen MR) is 71.4 cm³/mol. The van der Waals surface area contributed by atoms with Crippen LogP contribution in [0.1, 0.15) is 13.3 Å². The fourth-order valence-corrected chi connectivity index (χ4v) is 2.56. The van der Waals surface area contributed by atoms with Gasteiger partial charge in [0.15, 0.2) is 16.9 Å². The van der Waals surface area contributed by atoms with Crippen LogP contribution in [-0.4, -0.2) is 44.1 Å². The number of carboxylic acids is 1. The quantitative estimate of drug-likeness (QED) is 0.778. The molecule has 19 heavy (non-hydrogen) atoms. The summed E-state index contributed by atoms with van der Waals surface area (Å²) >= 11 is 1.47. The second kappa shape index (κ2) is 6.53. The highest BCUT2D eigenvalue weighted by molar-refractivity contribution is 7.99. The number of thioether (sulfide) groups is 1. The minimum atomic E-state index is -0.923. The second-order valence-corrected chi connectivity index (χ2v) is 4.89. The van der Waals surface area contributed by atoms with Crippen LogP contribution in [0.3, 0.4) is 0 Å². The lowest BCUT2D eigenvalue weighted by Gasteiger charge is -2.11. The Morgan fingerprint density at radius 2 is 2.37 bits per heavy atom. The number of fused-ring (bicyclic) bond motifs is 1. The van der Waals surface area contributed by atoms with Crippen molar-refractivity contribution >= 4 is 23.4 Å². The molecule has 0 saturated heterocycles. The van der Waals surface area contributed by atoms with E-state index in [4.69, 9.17) is 9.84 Å². The summed E-state index contributed by atoms with van der Waals surface area (Å²) < 4.78 is 7.03. The van der Waals surface area contributed by atoms with Gasteiger partial charge in [-0.3, -0.25) is 4.40 Å². The summed E-state index contributed by atoms with van der Waals surface area (Å²) in [6.45, 7) is 2.19. The van der Waals surface area contributed by atoms with Crippen molar-refractivity contribution in [3.05, 3.63) is 24.4 Å². The molecule has 0 spiro atoms. The summed E-state index contributed by atoms with van der Waals surface area (Å²) in [7, 11) is 0. The van der Waals surface area contributed by atoms with Crippen molar-refractivity contribution in [3.63, 3.8) is 0 Å². The fourth-order valence-electron chi connectivity index (χ4n) is 1.65. The van der Waals surface area contributed by atoms with E-state index in [1.807, 2.05) is 28.8 Å². The number of aliphatic carboxylic acids is 1. The summed E-state index contributed by atoms with van der Waals surface area (Å²) in [5.41, 5.74) is 0.782. The highest BCUT2D eigenvalue weighted by atomic mass is 32.2. The summed E-state index contributed by atoms with van der Waals surface area (Å²) in [6.07, 6.45) is 1.57. The first-order chi connectivity index (χ1) is 9.22. The smallest absolute Gasteiger partial charge is 0.332 e. The maximum atomic E-state index is 10.9. The minimum Gasteiger partial charge on any atom is -0.479 e. The Balaban J connectivity index is 1.93. The number of carbonyl (C=O) groups is 1. The van der Waals surface area contributed by atoms with Gasteiger partial charge in [-0.15, -0.1) is 10.2 Å². The number of aromatic nitrogens is 3. The van der Waals surface area contributed by atoms with Crippen molar-refractivity contribution in [2.24, 2.45) is 0 Å². The van der Waals surface area contributed by atoms with Gasteiger partial charge in [0.1, 0.15) is 0 Å². The molecule has 2 rings (SSSR count). The van der Waals surface area contributed by atoms with Crippen molar-refractivity contribution in [1.82, 2.24) is 14.6 Å². The standard InChI is InChI=1S/C12H15N3O3S/c1-2-18-9(11(16)17)6-8-19-12-14-13-10-5-3-4-7-15(10)12/h3-5,7,9H,2,6,8H2,1H3,(H,16,17). The molecule has 0 aromatic carbocycles. The molecule has 7 heteroatoms. The van der Waals surface area contributed by atoms with E-state index in [0.717, 1.165) is 10.8 Å². The molecular weight excluding hydrogens is 266 g/mol. The highest BCUT2D eigenvalue weighted by Gasteiger charge is 2.17. The molecule has 1 atom stereocenters. The highest BCUT2D eigenvalue weighted by Crippen LogP contribution is 2.18. The van der Waals surface area contributed by atoms with E-state index in [2.05, 4.69) is 10.2 Å². The van der Waals surface area contributed by atoms with Gasteiger partial charge in [-0.1, -0.05) is 17.8 Å². The van der Waals surface area contributed by atoms with Crippen molar-refractivity contribution < 1.29 is 14.6 Å². The monoisotopic (exact) mass is 281 g/mol. The van der Waals surface area contributed by atoms with E-state index >= 15 is 0 Å². The van der Waals surface area contributed by atoms with Gasteiger partial charge in [0.05, 0.1) is 0 Å². The molecule has 0 radical (unpaired) electrons. The topological polar surface area (TPSA) is 76.7 Å². The SMILES string of the molecule is CCOC(CCSc1nnc2ccccn12)C(=O)O. The zero-order valence-corrected chi connectivity index (χ0v) is 11.3. The lowest BCUT2D eigenvalue weighted by Crippen LogP contribution is -2.24. The lowest BCUT2D eigenvalue weighted by molar-refractivity contribution is -0.150. The Labute approximate surface area is 114 Å². The number of rotatable bonds is 7. The largest absolute Gasteiger partial charge is 0.479 e. The normalized spacial score (nSPS) is 12.7. The number of ether oxygens (including phenoxy) is 1. The molecule has 1 N–H and O–H groups in total. The molecule has 102 valence electrons. The van der Waals surface area contributed by atoms with Crippen molar-refractivity contribution in [1.29, 1.82) is 0 Å². The summed E-state index contributed by atoms with van der Waals surface area (Å²) in [4.78, 5) is 10.9. The van der Waals surface area contributed by atoms with Crippen LogP contribution in [0.25, 0.3) is 5.65 Å². The van der Waals surface area contributed by atoms with Gasteiger partial charge >= 0.3 is 5.97 Å². The number of pyridine rings is 1. The van der Waals surface area contributed by atoms with E-state index in [0.29, 0.717) is 18.8 Å². The molecule has 0 aliphatic carbocycles. The first kappa shape index (κ1) is 13.8. The van der Waals surface area contributed by atoms with Gasteiger partial charge in [-0.25, -0.2) is 4.79 Å². The predicted octanol–water partition coefficient (Wildman–Crippen LogP) is 1.70. The van der Waals surface area contributed by atoms with Crippen LogP contribution in [-0.2, 0) is 9.53 Å². The molecule has 0 saturated carbocycles. The number of nitrogens with zero attached hydrogens (tertiary/aromatic N) is 3. The fraction of sp³-hybridized carbons (Fsp3) is 0.417. The number of hydrogen-bond donors (Lipinski definition) is 1. The third-order valence-electron chi connectivity index (χ3n) is 2.54. The number of hydrogen-bond acceptors (Lipinski definition) is 5. The molecule has 0 amide bonds. The van der Waals surface area contributed by atoms with Crippen LogP contribution in [0.15, 0.2) is 29.6 Å². The van der Waals surface area contributed by atoms with Gasteiger partial charge < -0.3 is 9.84 Å².